The highest BCUT2D eigenvalue weighted by molar-refractivity contribution is 9.10. The molecule has 0 aliphatic heterocycles. The summed E-state index contributed by atoms with van der Waals surface area (Å²) in [6, 6.07) is 13.7. The molecule has 0 aromatic heterocycles. The lowest BCUT2D eigenvalue weighted by molar-refractivity contribution is -0.146. The van der Waals surface area contributed by atoms with Crippen LogP contribution >= 0.6 is 27.7 Å². The van der Waals surface area contributed by atoms with E-state index in [9.17, 15) is 9.59 Å². The fourth-order valence-electron chi connectivity index (χ4n) is 2.01. The van der Waals surface area contributed by atoms with E-state index in [1.54, 1.807) is 17.8 Å². The molecule has 0 bridgehead atoms. The molecule has 0 atom stereocenters. The van der Waals surface area contributed by atoms with E-state index in [0.29, 0.717) is 11.4 Å². The van der Waals surface area contributed by atoms with Crippen LogP contribution in [0.5, 0.6) is 0 Å². The van der Waals surface area contributed by atoms with E-state index < -0.39 is 0 Å². The Balaban J connectivity index is 1.68. The lowest BCUT2D eigenvalue weighted by Gasteiger charge is -2.09. The molecule has 6 heteroatoms. The summed E-state index contributed by atoms with van der Waals surface area (Å²) < 4.78 is 5.81. The van der Waals surface area contributed by atoms with Crippen LogP contribution in [0.4, 0.5) is 5.69 Å². The van der Waals surface area contributed by atoms with Gasteiger partial charge in [0.25, 0.3) is 5.91 Å². The van der Waals surface area contributed by atoms with Gasteiger partial charge in [-0.25, -0.2) is 0 Å². The normalized spacial score (nSPS) is 10.4. The molecule has 0 heterocycles. The Bertz CT molecular complexity index is 747. The van der Waals surface area contributed by atoms with Crippen molar-refractivity contribution in [2.45, 2.75) is 25.2 Å². The molecule has 0 aliphatic rings. The van der Waals surface area contributed by atoms with Gasteiger partial charge in [0.15, 0.2) is 6.61 Å². The molecule has 1 amide bonds. The maximum absolute atomic E-state index is 11.9. The van der Waals surface area contributed by atoms with Gasteiger partial charge in [0.2, 0.25) is 0 Å². The second kappa shape index (κ2) is 9.63. The standard InChI is InChI=1S/C19H20BrNO3S/c1-13-3-6-15(7-4-13)25-10-9-19(23)24-12-18(22)21-17-8-5-14(2)11-16(17)20/h3-8,11H,9-10,12H2,1-2H3,(H,21,22). The number of thioether (sulfide) groups is 1. The summed E-state index contributed by atoms with van der Waals surface area (Å²) in [6.07, 6.45) is 0.264. The maximum atomic E-state index is 11.9. The quantitative estimate of drug-likeness (QED) is 0.518. The van der Waals surface area contributed by atoms with Gasteiger partial charge in [-0.2, -0.15) is 0 Å². The summed E-state index contributed by atoms with van der Waals surface area (Å²) in [5, 5.41) is 2.71. The Morgan fingerprint density at radius 2 is 1.76 bits per heavy atom. The van der Waals surface area contributed by atoms with E-state index in [1.807, 2.05) is 50.2 Å². The highest BCUT2D eigenvalue weighted by Crippen LogP contribution is 2.23. The first-order valence-electron chi connectivity index (χ1n) is 7.85. The molecule has 0 radical (unpaired) electrons. The second-order valence-electron chi connectivity index (χ2n) is 5.60. The van der Waals surface area contributed by atoms with Crippen LogP contribution in [0.3, 0.4) is 0 Å². The van der Waals surface area contributed by atoms with E-state index in [1.165, 1.54) is 5.56 Å². The summed E-state index contributed by atoms with van der Waals surface area (Å²) in [5.41, 5.74) is 2.94. The number of anilines is 1. The van der Waals surface area contributed by atoms with Crippen LogP contribution in [-0.4, -0.2) is 24.2 Å². The highest BCUT2D eigenvalue weighted by atomic mass is 79.9. The van der Waals surface area contributed by atoms with Gasteiger partial charge in [-0.3, -0.25) is 9.59 Å². The fraction of sp³-hybridized carbons (Fsp3) is 0.263. The Morgan fingerprint density at radius 3 is 2.44 bits per heavy atom. The number of esters is 1. The molecule has 2 aromatic rings. The van der Waals surface area contributed by atoms with Crippen LogP contribution in [0.2, 0.25) is 0 Å². The average molecular weight is 422 g/mol. The zero-order valence-electron chi connectivity index (χ0n) is 14.2. The third kappa shape index (κ3) is 6.92. The van der Waals surface area contributed by atoms with Gasteiger partial charge in [-0.1, -0.05) is 23.8 Å². The van der Waals surface area contributed by atoms with Crippen molar-refractivity contribution >= 4 is 45.3 Å². The van der Waals surface area contributed by atoms with E-state index in [2.05, 4.69) is 21.2 Å². The summed E-state index contributed by atoms with van der Waals surface area (Å²) >= 11 is 4.98. The molecule has 132 valence electrons. The van der Waals surface area contributed by atoms with Gasteiger partial charge in [-0.15, -0.1) is 11.8 Å². The molecule has 0 aliphatic carbocycles. The van der Waals surface area contributed by atoms with Crippen molar-refractivity contribution in [1.29, 1.82) is 0 Å². The molecule has 2 rings (SSSR count). The predicted octanol–water partition coefficient (Wildman–Crippen LogP) is 4.73. The second-order valence-corrected chi connectivity index (χ2v) is 7.63. The number of rotatable bonds is 7. The van der Waals surface area contributed by atoms with Gasteiger partial charge in [0.1, 0.15) is 0 Å². The van der Waals surface area contributed by atoms with E-state index in [4.69, 9.17) is 4.74 Å². The minimum Gasteiger partial charge on any atom is -0.456 e. The highest BCUT2D eigenvalue weighted by Gasteiger charge is 2.10. The number of carbonyl (C=O) groups excluding carboxylic acids is 2. The van der Waals surface area contributed by atoms with Crippen molar-refractivity contribution < 1.29 is 14.3 Å². The minimum atomic E-state index is -0.377. The molecule has 2 aromatic carbocycles. The third-order valence-corrected chi connectivity index (χ3v) is 5.03. The first-order valence-corrected chi connectivity index (χ1v) is 9.63. The Labute approximate surface area is 160 Å². The van der Waals surface area contributed by atoms with Crippen LogP contribution in [-0.2, 0) is 14.3 Å². The molecule has 4 nitrogen and oxygen atoms in total. The van der Waals surface area contributed by atoms with Gasteiger partial charge < -0.3 is 10.1 Å². The minimum absolute atomic E-state index is 0.264. The van der Waals surface area contributed by atoms with Gasteiger partial charge in [0, 0.05) is 15.1 Å². The molecular formula is C19H20BrNO3S. The van der Waals surface area contributed by atoms with Crippen molar-refractivity contribution in [3.8, 4) is 0 Å². The molecule has 1 N–H and O–H groups in total. The number of hydrogen-bond donors (Lipinski definition) is 1. The molecule has 0 spiro atoms. The van der Waals surface area contributed by atoms with Crippen molar-refractivity contribution in [2.24, 2.45) is 0 Å². The van der Waals surface area contributed by atoms with Crippen LogP contribution in [0, 0.1) is 13.8 Å². The molecule has 0 saturated carbocycles. The SMILES string of the molecule is Cc1ccc(SCCC(=O)OCC(=O)Nc2ccc(C)cc2Br)cc1. The van der Waals surface area contributed by atoms with Crippen LogP contribution < -0.4 is 5.32 Å². The maximum Gasteiger partial charge on any atom is 0.307 e. The first-order chi connectivity index (χ1) is 11.9. The van der Waals surface area contributed by atoms with Crippen LogP contribution in [0.25, 0.3) is 0 Å². The lowest BCUT2D eigenvalue weighted by Crippen LogP contribution is -2.21. The summed E-state index contributed by atoms with van der Waals surface area (Å²) in [4.78, 5) is 24.7. The number of hydrogen-bond acceptors (Lipinski definition) is 4. The third-order valence-electron chi connectivity index (χ3n) is 3.36. The largest absolute Gasteiger partial charge is 0.456 e. The molecule has 25 heavy (non-hydrogen) atoms. The smallest absolute Gasteiger partial charge is 0.307 e. The van der Waals surface area contributed by atoms with Crippen molar-refractivity contribution in [3.05, 3.63) is 58.1 Å². The Kier molecular flexibility index (Phi) is 7.52. The zero-order chi connectivity index (χ0) is 18.2. The lowest BCUT2D eigenvalue weighted by atomic mass is 10.2. The summed E-state index contributed by atoms with van der Waals surface area (Å²) in [5.74, 6) is -0.116. The number of nitrogens with one attached hydrogen (secondary N) is 1. The van der Waals surface area contributed by atoms with Crippen molar-refractivity contribution in [2.75, 3.05) is 17.7 Å². The topological polar surface area (TPSA) is 55.4 Å². The van der Waals surface area contributed by atoms with E-state index in [-0.39, 0.29) is 24.9 Å². The van der Waals surface area contributed by atoms with E-state index >= 15 is 0 Å². The summed E-state index contributed by atoms with van der Waals surface area (Å²) in [7, 11) is 0. The first kappa shape index (κ1) is 19.5. The Morgan fingerprint density at radius 1 is 1.08 bits per heavy atom. The average Bonchev–Trinajstić information content (AvgIpc) is 2.57. The number of benzene rings is 2. The monoisotopic (exact) mass is 421 g/mol. The van der Waals surface area contributed by atoms with E-state index in [0.717, 1.165) is 14.9 Å². The van der Waals surface area contributed by atoms with Gasteiger partial charge in [0.05, 0.1) is 12.1 Å². The predicted molar refractivity (Wildman–Crippen MR) is 105 cm³/mol. The number of halogens is 1. The van der Waals surface area contributed by atoms with Gasteiger partial charge in [-0.05, 0) is 59.6 Å². The molecular weight excluding hydrogens is 402 g/mol. The van der Waals surface area contributed by atoms with Crippen LogP contribution in [0.15, 0.2) is 51.8 Å². The van der Waals surface area contributed by atoms with Crippen molar-refractivity contribution in [3.63, 3.8) is 0 Å². The molecule has 0 unspecified atom stereocenters. The van der Waals surface area contributed by atoms with Gasteiger partial charge >= 0.3 is 5.97 Å². The Hall–Kier alpha value is -1.79. The zero-order valence-corrected chi connectivity index (χ0v) is 16.6. The molecule has 0 saturated heterocycles. The number of amides is 1. The molecule has 0 fully saturated rings. The van der Waals surface area contributed by atoms with Crippen LogP contribution in [0.1, 0.15) is 17.5 Å². The van der Waals surface area contributed by atoms with Crippen molar-refractivity contribution in [1.82, 2.24) is 0 Å². The summed E-state index contributed by atoms with van der Waals surface area (Å²) in [6.45, 7) is 3.72. The number of ether oxygens (including phenoxy) is 1. The fourth-order valence-corrected chi connectivity index (χ4v) is 3.44. The number of carbonyl (C=O) groups is 2. The number of aryl methyl sites for hydroxylation is 2.